The summed E-state index contributed by atoms with van der Waals surface area (Å²) in [6, 6.07) is 9.16. The average Bonchev–Trinajstić information content (AvgIpc) is 2.89. The monoisotopic (exact) mass is 415 g/mol. The molecule has 1 aliphatic carbocycles. The number of amidine groups is 1. The van der Waals surface area contributed by atoms with Crippen LogP contribution in [-0.2, 0) is 14.8 Å². The van der Waals surface area contributed by atoms with Gasteiger partial charge in [-0.3, -0.25) is 4.79 Å². The van der Waals surface area contributed by atoms with E-state index in [-0.39, 0.29) is 11.8 Å². The van der Waals surface area contributed by atoms with E-state index >= 15 is 0 Å². The van der Waals surface area contributed by atoms with E-state index in [2.05, 4.69) is 4.40 Å². The second-order valence-corrected chi connectivity index (χ2v) is 9.75. The van der Waals surface area contributed by atoms with Crippen LogP contribution in [-0.4, -0.2) is 56.1 Å². The van der Waals surface area contributed by atoms with Crippen LogP contribution in [0.5, 0.6) is 0 Å². The van der Waals surface area contributed by atoms with Crippen molar-refractivity contribution in [3.05, 3.63) is 41.5 Å². The molecule has 1 saturated heterocycles. The molecular formula is C22H29N3O3S. The van der Waals surface area contributed by atoms with Crippen LogP contribution in [0.4, 0.5) is 0 Å². The summed E-state index contributed by atoms with van der Waals surface area (Å²) in [5, 5.41) is 0. The molecule has 1 saturated carbocycles. The molecule has 2 fully saturated rings. The second-order valence-electron chi connectivity index (χ2n) is 8.21. The number of hydrogen-bond donors (Lipinski definition) is 0. The Morgan fingerprint density at radius 2 is 1.69 bits per heavy atom. The van der Waals surface area contributed by atoms with Crippen molar-refractivity contribution in [2.45, 2.75) is 45.4 Å². The smallest absolute Gasteiger partial charge is 0.285 e. The van der Waals surface area contributed by atoms with Crippen molar-refractivity contribution in [1.29, 1.82) is 0 Å². The van der Waals surface area contributed by atoms with Gasteiger partial charge in [-0.1, -0.05) is 49.6 Å². The molecule has 1 aromatic rings. The number of amides is 1. The van der Waals surface area contributed by atoms with E-state index in [0.717, 1.165) is 38.6 Å². The minimum Gasteiger partial charge on any atom is -0.354 e. The molecule has 3 aliphatic rings. The Morgan fingerprint density at radius 1 is 0.966 bits per heavy atom. The number of hydrogen-bond acceptors (Lipinski definition) is 4. The summed E-state index contributed by atoms with van der Waals surface area (Å²) in [5.41, 5.74) is 1.37. The lowest BCUT2D eigenvalue weighted by Gasteiger charge is -2.28. The van der Waals surface area contributed by atoms with E-state index in [4.69, 9.17) is 0 Å². The Bertz CT molecular complexity index is 931. The van der Waals surface area contributed by atoms with E-state index in [9.17, 15) is 13.2 Å². The van der Waals surface area contributed by atoms with Gasteiger partial charge >= 0.3 is 0 Å². The zero-order valence-electron chi connectivity index (χ0n) is 17.0. The number of benzene rings is 1. The van der Waals surface area contributed by atoms with Crippen molar-refractivity contribution >= 4 is 26.7 Å². The zero-order chi connectivity index (χ0) is 20.4. The Labute approximate surface area is 173 Å². The van der Waals surface area contributed by atoms with Crippen LogP contribution in [0.25, 0.3) is 4.91 Å². The van der Waals surface area contributed by atoms with Gasteiger partial charge in [-0.2, -0.15) is 8.42 Å². The summed E-state index contributed by atoms with van der Waals surface area (Å²) >= 11 is 0. The minimum absolute atomic E-state index is 0.172. The second kappa shape index (κ2) is 8.30. The first kappa shape index (κ1) is 20.1. The van der Waals surface area contributed by atoms with Crippen LogP contribution < -0.4 is 0 Å². The first-order valence-electron chi connectivity index (χ1n) is 10.6. The van der Waals surface area contributed by atoms with Crippen molar-refractivity contribution < 1.29 is 13.2 Å². The molecule has 156 valence electrons. The summed E-state index contributed by atoms with van der Waals surface area (Å²) in [5.74, 6) is 0.992. The van der Waals surface area contributed by atoms with Crippen molar-refractivity contribution in [2.24, 2.45) is 10.3 Å². The van der Waals surface area contributed by atoms with Gasteiger partial charge in [0.2, 0.25) is 5.91 Å². The number of nitrogens with zero attached hydrogens (tertiary/aromatic N) is 3. The molecule has 1 amide bonds. The summed E-state index contributed by atoms with van der Waals surface area (Å²) in [6.45, 7) is 4.53. The van der Waals surface area contributed by atoms with Gasteiger partial charge in [0.15, 0.2) is 0 Å². The highest BCUT2D eigenvalue weighted by Gasteiger charge is 2.35. The van der Waals surface area contributed by atoms with Gasteiger partial charge in [0.1, 0.15) is 10.7 Å². The molecule has 2 heterocycles. The number of carbonyl (C=O) groups excluding carboxylic acids is 1. The molecule has 2 aliphatic heterocycles. The molecule has 0 aromatic heterocycles. The fourth-order valence-corrected chi connectivity index (χ4v) is 6.21. The summed E-state index contributed by atoms with van der Waals surface area (Å²) in [6.07, 6.45) is 6.37. The van der Waals surface area contributed by atoms with Gasteiger partial charge in [0, 0.05) is 37.7 Å². The molecule has 6 nitrogen and oxygen atoms in total. The SMILES string of the molecule is CC1=C(c2ccccc2)S(=O)(=O)N=C1N1CCCN(C(=O)C2CCCCC2)CC1. The predicted molar refractivity (Wildman–Crippen MR) is 115 cm³/mol. The van der Waals surface area contributed by atoms with Crippen LogP contribution >= 0.6 is 0 Å². The van der Waals surface area contributed by atoms with Crippen LogP contribution in [0.3, 0.4) is 0 Å². The molecule has 0 radical (unpaired) electrons. The minimum atomic E-state index is -3.70. The van der Waals surface area contributed by atoms with Gasteiger partial charge in [0.05, 0.1) is 0 Å². The maximum atomic E-state index is 12.9. The Morgan fingerprint density at radius 3 is 2.41 bits per heavy atom. The highest BCUT2D eigenvalue weighted by molar-refractivity contribution is 8.00. The Kier molecular flexibility index (Phi) is 5.76. The first-order chi connectivity index (χ1) is 14.0. The van der Waals surface area contributed by atoms with Crippen molar-refractivity contribution in [2.75, 3.05) is 26.2 Å². The first-order valence-corrected chi connectivity index (χ1v) is 12.1. The van der Waals surface area contributed by atoms with E-state index in [1.807, 2.05) is 47.1 Å². The normalized spacial score (nSPS) is 23.1. The third-order valence-corrected chi connectivity index (χ3v) is 7.71. The third kappa shape index (κ3) is 4.10. The maximum Gasteiger partial charge on any atom is 0.285 e. The van der Waals surface area contributed by atoms with Gasteiger partial charge in [0.25, 0.3) is 10.0 Å². The third-order valence-electron chi connectivity index (χ3n) is 6.24. The van der Waals surface area contributed by atoms with E-state index < -0.39 is 10.0 Å². The topological polar surface area (TPSA) is 70.1 Å². The molecule has 1 aromatic carbocycles. The molecule has 0 bridgehead atoms. The Hall–Kier alpha value is -2.15. The molecule has 7 heteroatoms. The lowest BCUT2D eigenvalue weighted by atomic mass is 9.88. The number of carbonyl (C=O) groups is 1. The molecule has 29 heavy (non-hydrogen) atoms. The highest BCUT2D eigenvalue weighted by atomic mass is 32.2. The van der Waals surface area contributed by atoms with Crippen LogP contribution in [0.1, 0.15) is 51.0 Å². The highest BCUT2D eigenvalue weighted by Crippen LogP contribution is 2.34. The van der Waals surface area contributed by atoms with Crippen LogP contribution in [0.15, 0.2) is 40.3 Å². The summed E-state index contributed by atoms with van der Waals surface area (Å²) < 4.78 is 29.6. The number of sulfonamides is 1. The van der Waals surface area contributed by atoms with Crippen molar-refractivity contribution in [3.8, 4) is 0 Å². The number of rotatable bonds is 2. The molecule has 0 N–H and O–H groups in total. The fourth-order valence-electron chi connectivity index (χ4n) is 4.73. The van der Waals surface area contributed by atoms with Gasteiger partial charge in [-0.05, 0) is 31.7 Å². The van der Waals surface area contributed by atoms with E-state index in [0.29, 0.717) is 41.5 Å². The zero-order valence-corrected chi connectivity index (χ0v) is 17.8. The molecule has 0 spiro atoms. The summed E-state index contributed by atoms with van der Waals surface area (Å²) in [4.78, 5) is 17.2. The van der Waals surface area contributed by atoms with Crippen LogP contribution in [0.2, 0.25) is 0 Å². The van der Waals surface area contributed by atoms with Crippen molar-refractivity contribution in [3.63, 3.8) is 0 Å². The average molecular weight is 416 g/mol. The molecular weight excluding hydrogens is 386 g/mol. The predicted octanol–water partition coefficient (Wildman–Crippen LogP) is 3.27. The van der Waals surface area contributed by atoms with Gasteiger partial charge < -0.3 is 9.80 Å². The molecule has 0 unspecified atom stereocenters. The lowest BCUT2D eigenvalue weighted by Crippen LogP contribution is -2.40. The van der Waals surface area contributed by atoms with Crippen LogP contribution in [0, 0.1) is 5.92 Å². The molecule has 0 atom stereocenters. The summed E-state index contributed by atoms with van der Waals surface area (Å²) in [7, 11) is -3.70. The van der Waals surface area contributed by atoms with Gasteiger partial charge in [-0.15, -0.1) is 4.40 Å². The Balaban J connectivity index is 1.51. The largest absolute Gasteiger partial charge is 0.354 e. The fraction of sp³-hybridized carbons (Fsp3) is 0.545. The van der Waals surface area contributed by atoms with E-state index in [1.165, 1.54) is 6.42 Å². The van der Waals surface area contributed by atoms with Crippen molar-refractivity contribution in [1.82, 2.24) is 9.80 Å². The molecule has 4 rings (SSSR count). The quantitative estimate of drug-likeness (QED) is 0.743. The maximum absolute atomic E-state index is 12.9. The lowest BCUT2D eigenvalue weighted by molar-refractivity contribution is -0.136. The standard InChI is InChI=1S/C22H29N3O3S/c1-17-20(18-9-4-2-5-10-18)29(27,28)23-21(17)24-13-8-14-25(16-15-24)22(26)19-11-6-3-7-12-19/h2,4-5,9-10,19H,3,6-8,11-16H2,1H3. The van der Waals surface area contributed by atoms with Gasteiger partial charge in [-0.25, -0.2) is 0 Å². The van der Waals surface area contributed by atoms with E-state index in [1.54, 1.807) is 0 Å².